The van der Waals surface area contributed by atoms with Crippen LogP contribution in [0.4, 0.5) is 0 Å². The van der Waals surface area contributed by atoms with Gasteiger partial charge in [-0.15, -0.1) is 0 Å². The van der Waals surface area contributed by atoms with Crippen molar-refractivity contribution < 1.29 is 4.79 Å². The molecule has 1 atom stereocenters. The van der Waals surface area contributed by atoms with E-state index in [1.165, 1.54) is 0 Å². The third kappa shape index (κ3) is 2.92. The fourth-order valence-electron chi connectivity index (χ4n) is 1.64. The zero-order chi connectivity index (χ0) is 12.3. The molecule has 1 rings (SSSR count). The molecular formula is C11H18BrN3O. The normalized spacial score (nSPS) is 12.8. The molecule has 16 heavy (non-hydrogen) atoms. The predicted octanol–water partition coefficient (Wildman–Crippen LogP) is 1.73. The molecule has 0 fully saturated rings. The molecular weight excluding hydrogens is 270 g/mol. The molecule has 0 amide bonds. The lowest BCUT2D eigenvalue weighted by molar-refractivity contribution is -0.119. The maximum atomic E-state index is 11.8. The molecule has 0 saturated carbocycles. The number of aromatic nitrogens is 2. The van der Waals surface area contributed by atoms with Gasteiger partial charge in [0.05, 0.1) is 28.3 Å². The Kier molecular flexibility index (Phi) is 4.68. The van der Waals surface area contributed by atoms with Crippen LogP contribution in [0.15, 0.2) is 4.47 Å². The molecule has 90 valence electrons. The van der Waals surface area contributed by atoms with Crippen molar-refractivity contribution >= 4 is 21.7 Å². The number of Topliss-reactive ketones (excluding diaryl/α,β-unsaturated/α-hetero) is 1. The summed E-state index contributed by atoms with van der Waals surface area (Å²) in [6, 6.07) is -0.355. The zero-order valence-corrected chi connectivity index (χ0v) is 11.5. The first-order valence-corrected chi connectivity index (χ1v) is 6.23. The number of nitrogens with zero attached hydrogens (tertiary/aromatic N) is 2. The molecule has 0 aromatic carbocycles. The first-order valence-electron chi connectivity index (χ1n) is 5.43. The summed E-state index contributed by atoms with van der Waals surface area (Å²) in [7, 11) is 1.84. The van der Waals surface area contributed by atoms with Crippen LogP contribution in [-0.4, -0.2) is 21.6 Å². The predicted molar refractivity (Wildman–Crippen MR) is 67.2 cm³/mol. The maximum Gasteiger partial charge on any atom is 0.155 e. The molecule has 1 aromatic heterocycles. The van der Waals surface area contributed by atoms with E-state index >= 15 is 0 Å². The van der Waals surface area contributed by atoms with Crippen molar-refractivity contribution in [2.75, 3.05) is 0 Å². The number of rotatable bonds is 5. The maximum absolute atomic E-state index is 11.8. The Bertz CT molecular complexity index is 387. The highest BCUT2D eigenvalue weighted by atomic mass is 79.9. The zero-order valence-electron chi connectivity index (χ0n) is 9.96. The lowest BCUT2D eigenvalue weighted by Gasteiger charge is -2.09. The summed E-state index contributed by atoms with van der Waals surface area (Å²) in [5.41, 5.74) is 7.58. The summed E-state index contributed by atoms with van der Waals surface area (Å²) in [5, 5.41) is 4.25. The number of carbonyl (C=O) groups excluding carboxylic acids is 1. The molecule has 0 spiro atoms. The first kappa shape index (κ1) is 13.4. The Morgan fingerprint density at radius 1 is 1.62 bits per heavy atom. The topological polar surface area (TPSA) is 60.9 Å². The van der Waals surface area contributed by atoms with Gasteiger partial charge in [0.25, 0.3) is 0 Å². The van der Waals surface area contributed by atoms with Crippen molar-refractivity contribution in [3.05, 3.63) is 15.9 Å². The lowest BCUT2D eigenvalue weighted by Crippen LogP contribution is -2.32. The number of hydrogen-bond acceptors (Lipinski definition) is 3. The monoisotopic (exact) mass is 287 g/mol. The van der Waals surface area contributed by atoms with Gasteiger partial charge in [0.15, 0.2) is 5.78 Å². The Morgan fingerprint density at radius 3 is 2.69 bits per heavy atom. The second-order valence-corrected chi connectivity index (χ2v) is 4.80. The Hall–Kier alpha value is -0.680. The van der Waals surface area contributed by atoms with Crippen molar-refractivity contribution in [3.8, 4) is 0 Å². The standard InChI is InChI=1S/C11H18BrN3O/c1-4-5-8(13)10(16)6-9-11(12)7(2)14-15(9)3/h8H,4-6,13H2,1-3H3. The van der Waals surface area contributed by atoms with Crippen LogP contribution in [0.2, 0.25) is 0 Å². The van der Waals surface area contributed by atoms with Gasteiger partial charge >= 0.3 is 0 Å². The summed E-state index contributed by atoms with van der Waals surface area (Å²) in [5.74, 6) is 0.0746. The largest absolute Gasteiger partial charge is 0.321 e. The minimum absolute atomic E-state index is 0.0746. The van der Waals surface area contributed by atoms with Crippen LogP contribution in [0.1, 0.15) is 31.2 Å². The number of aryl methyl sites for hydroxylation is 2. The van der Waals surface area contributed by atoms with Crippen LogP contribution in [0, 0.1) is 6.92 Å². The SMILES string of the molecule is CCCC(N)C(=O)Cc1c(Br)c(C)nn1C. The Morgan fingerprint density at radius 2 is 2.25 bits per heavy atom. The average molecular weight is 288 g/mol. The van der Waals surface area contributed by atoms with Crippen molar-refractivity contribution in [3.63, 3.8) is 0 Å². The van der Waals surface area contributed by atoms with E-state index in [1.807, 2.05) is 20.9 Å². The minimum Gasteiger partial charge on any atom is -0.321 e. The quantitative estimate of drug-likeness (QED) is 0.897. The van der Waals surface area contributed by atoms with Crippen LogP contribution in [0.3, 0.4) is 0 Å². The van der Waals surface area contributed by atoms with E-state index in [4.69, 9.17) is 5.73 Å². The molecule has 0 aliphatic rings. The second kappa shape index (κ2) is 5.59. The highest BCUT2D eigenvalue weighted by molar-refractivity contribution is 9.10. The fraction of sp³-hybridized carbons (Fsp3) is 0.636. The van der Waals surface area contributed by atoms with E-state index < -0.39 is 0 Å². The van der Waals surface area contributed by atoms with E-state index in [0.29, 0.717) is 6.42 Å². The minimum atomic E-state index is -0.355. The van der Waals surface area contributed by atoms with Crippen LogP contribution in [0.25, 0.3) is 0 Å². The average Bonchev–Trinajstić information content (AvgIpc) is 2.45. The van der Waals surface area contributed by atoms with Crippen molar-refractivity contribution in [1.29, 1.82) is 0 Å². The molecule has 1 heterocycles. The smallest absolute Gasteiger partial charge is 0.155 e. The van der Waals surface area contributed by atoms with Gasteiger partial charge in [0.2, 0.25) is 0 Å². The van der Waals surface area contributed by atoms with Gasteiger partial charge in [-0.3, -0.25) is 9.48 Å². The molecule has 2 N–H and O–H groups in total. The third-order valence-electron chi connectivity index (χ3n) is 2.62. The molecule has 0 aliphatic heterocycles. The molecule has 1 aromatic rings. The van der Waals surface area contributed by atoms with Crippen molar-refractivity contribution in [2.45, 2.75) is 39.2 Å². The molecule has 0 aliphatic carbocycles. The van der Waals surface area contributed by atoms with Crippen LogP contribution < -0.4 is 5.73 Å². The van der Waals surface area contributed by atoms with Gasteiger partial charge in [0, 0.05) is 7.05 Å². The molecule has 0 radical (unpaired) electrons. The van der Waals surface area contributed by atoms with Gasteiger partial charge in [-0.2, -0.15) is 5.10 Å². The summed E-state index contributed by atoms with van der Waals surface area (Å²) in [6.07, 6.45) is 2.02. The van der Waals surface area contributed by atoms with E-state index in [9.17, 15) is 4.79 Å². The number of ketones is 1. The summed E-state index contributed by atoms with van der Waals surface area (Å²) >= 11 is 3.44. The van der Waals surface area contributed by atoms with Crippen molar-refractivity contribution in [2.24, 2.45) is 12.8 Å². The van der Waals surface area contributed by atoms with E-state index in [-0.39, 0.29) is 11.8 Å². The van der Waals surface area contributed by atoms with Crippen LogP contribution in [0.5, 0.6) is 0 Å². The van der Waals surface area contributed by atoms with Gasteiger partial charge in [-0.05, 0) is 29.3 Å². The number of halogens is 1. The van der Waals surface area contributed by atoms with Gasteiger partial charge < -0.3 is 5.73 Å². The number of nitrogens with two attached hydrogens (primary N) is 1. The van der Waals surface area contributed by atoms with Gasteiger partial charge in [0.1, 0.15) is 0 Å². The Labute approximate surface area is 104 Å². The van der Waals surface area contributed by atoms with Gasteiger partial charge in [-0.1, -0.05) is 13.3 Å². The van der Waals surface area contributed by atoms with Gasteiger partial charge in [-0.25, -0.2) is 0 Å². The molecule has 0 bridgehead atoms. The Balaban J connectivity index is 2.77. The third-order valence-corrected chi connectivity index (χ3v) is 3.65. The molecule has 5 heteroatoms. The molecule has 1 unspecified atom stereocenters. The van der Waals surface area contributed by atoms with E-state index in [2.05, 4.69) is 21.0 Å². The summed E-state index contributed by atoms with van der Waals surface area (Å²) in [6.45, 7) is 3.93. The van der Waals surface area contributed by atoms with Crippen LogP contribution in [-0.2, 0) is 18.3 Å². The second-order valence-electron chi connectivity index (χ2n) is 4.01. The first-order chi connectivity index (χ1) is 7.47. The summed E-state index contributed by atoms with van der Waals surface area (Å²) in [4.78, 5) is 11.8. The van der Waals surface area contributed by atoms with Crippen molar-refractivity contribution in [1.82, 2.24) is 9.78 Å². The molecule has 0 saturated heterocycles. The highest BCUT2D eigenvalue weighted by Crippen LogP contribution is 2.21. The summed E-state index contributed by atoms with van der Waals surface area (Å²) < 4.78 is 2.64. The fourth-order valence-corrected chi connectivity index (χ4v) is 2.12. The number of hydrogen-bond donors (Lipinski definition) is 1. The highest BCUT2D eigenvalue weighted by Gasteiger charge is 2.18. The number of carbonyl (C=O) groups is 1. The van der Waals surface area contributed by atoms with E-state index in [0.717, 1.165) is 28.7 Å². The lowest BCUT2D eigenvalue weighted by atomic mass is 10.0. The van der Waals surface area contributed by atoms with E-state index in [1.54, 1.807) is 4.68 Å². The van der Waals surface area contributed by atoms with Crippen LogP contribution >= 0.6 is 15.9 Å². The molecule has 4 nitrogen and oxygen atoms in total.